The van der Waals surface area contributed by atoms with Gasteiger partial charge in [0, 0.05) is 5.56 Å². The Morgan fingerprint density at radius 3 is 2.80 bits per heavy atom. The number of hydrogen-bond donors (Lipinski definition) is 1. The number of allylic oxidation sites excluding steroid dienone is 1. The Labute approximate surface area is 88.5 Å². The fraction of sp³-hybridized carbons (Fsp3) is 0.333. The summed E-state index contributed by atoms with van der Waals surface area (Å²) in [6.07, 6.45) is 3.91. The molecular formula is C12H14FNO. The second kappa shape index (κ2) is 4.45. The van der Waals surface area contributed by atoms with E-state index < -0.39 is 6.04 Å². The largest absolute Gasteiger partial charge is 0.496 e. The van der Waals surface area contributed by atoms with Gasteiger partial charge >= 0.3 is 0 Å². The molecule has 1 aliphatic heterocycles. The van der Waals surface area contributed by atoms with E-state index in [0.29, 0.717) is 17.9 Å². The smallest absolute Gasteiger partial charge is 0.128 e. The number of nitrogens with two attached hydrogens (primary N) is 1. The van der Waals surface area contributed by atoms with Crippen molar-refractivity contribution in [3.8, 4) is 0 Å². The van der Waals surface area contributed by atoms with Crippen LogP contribution < -0.4 is 5.73 Å². The molecule has 1 aromatic carbocycles. The maximum atomic E-state index is 13.4. The van der Waals surface area contributed by atoms with Crippen LogP contribution in [-0.4, -0.2) is 6.61 Å². The molecule has 0 fully saturated rings. The van der Waals surface area contributed by atoms with E-state index >= 15 is 0 Å². The molecule has 0 saturated carbocycles. The maximum absolute atomic E-state index is 13.4. The van der Waals surface area contributed by atoms with Crippen LogP contribution in [0.15, 0.2) is 36.1 Å². The number of halogens is 1. The third kappa shape index (κ3) is 2.18. The summed E-state index contributed by atoms with van der Waals surface area (Å²) in [6, 6.07) is 6.06. The van der Waals surface area contributed by atoms with Crippen LogP contribution in [0.25, 0.3) is 0 Å². The van der Waals surface area contributed by atoms with E-state index in [1.54, 1.807) is 18.2 Å². The van der Waals surface area contributed by atoms with E-state index in [2.05, 4.69) is 0 Å². The van der Waals surface area contributed by atoms with Crippen molar-refractivity contribution in [2.75, 3.05) is 6.61 Å². The van der Waals surface area contributed by atoms with Crippen LogP contribution in [-0.2, 0) is 4.74 Å². The van der Waals surface area contributed by atoms with Crippen LogP contribution in [0, 0.1) is 5.82 Å². The summed E-state index contributed by atoms with van der Waals surface area (Å²) >= 11 is 0. The lowest BCUT2D eigenvalue weighted by Gasteiger charge is -2.21. The van der Waals surface area contributed by atoms with Crippen molar-refractivity contribution in [3.63, 3.8) is 0 Å². The molecule has 0 aliphatic carbocycles. The average Bonchev–Trinajstić information content (AvgIpc) is 2.30. The van der Waals surface area contributed by atoms with Crippen LogP contribution in [0.5, 0.6) is 0 Å². The van der Waals surface area contributed by atoms with E-state index in [4.69, 9.17) is 10.5 Å². The maximum Gasteiger partial charge on any atom is 0.128 e. The number of hydrogen-bond acceptors (Lipinski definition) is 2. The summed E-state index contributed by atoms with van der Waals surface area (Å²) in [7, 11) is 0. The number of rotatable bonds is 2. The summed E-state index contributed by atoms with van der Waals surface area (Å²) in [4.78, 5) is 0. The molecule has 1 heterocycles. The van der Waals surface area contributed by atoms with Gasteiger partial charge in [-0.05, 0) is 25.0 Å². The van der Waals surface area contributed by atoms with Gasteiger partial charge in [-0.1, -0.05) is 18.2 Å². The number of benzene rings is 1. The molecule has 1 aromatic rings. The van der Waals surface area contributed by atoms with Crippen LogP contribution in [0.3, 0.4) is 0 Å². The summed E-state index contributed by atoms with van der Waals surface area (Å²) in [6.45, 7) is 0.675. The Morgan fingerprint density at radius 2 is 2.13 bits per heavy atom. The average molecular weight is 207 g/mol. The highest BCUT2D eigenvalue weighted by Crippen LogP contribution is 2.25. The van der Waals surface area contributed by atoms with Gasteiger partial charge in [0.1, 0.15) is 11.6 Å². The van der Waals surface area contributed by atoms with Gasteiger partial charge in [0.15, 0.2) is 0 Å². The molecule has 2 nitrogen and oxygen atoms in total. The van der Waals surface area contributed by atoms with Crippen molar-refractivity contribution in [1.82, 2.24) is 0 Å². The lowest BCUT2D eigenvalue weighted by atomic mass is 10.0. The fourth-order valence-electron chi connectivity index (χ4n) is 1.67. The standard InChI is InChI=1S/C12H14FNO/c13-10-6-2-1-5-9(10)12(14)11-7-3-4-8-15-11/h1-2,5-7,12H,3-4,8,14H2. The second-order valence-corrected chi connectivity index (χ2v) is 3.60. The normalized spacial score (nSPS) is 17.9. The first-order valence-electron chi connectivity index (χ1n) is 5.12. The monoisotopic (exact) mass is 207 g/mol. The van der Waals surface area contributed by atoms with Gasteiger partial charge in [-0.3, -0.25) is 0 Å². The Morgan fingerprint density at radius 1 is 1.33 bits per heavy atom. The van der Waals surface area contributed by atoms with E-state index in [-0.39, 0.29) is 5.82 Å². The Bertz CT molecular complexity index is 376. The minimum Gasteiger partial charge on any atom is -0.496 e. The molecule has 0 amide bonds. The van der Waals surface area contributed by atoms with E-state index in [0.717, 1.165) is 12.8 Å². The van der Waals surface area contributed by atoms with Gasteiger partial charge in [-0.15, -0.1) is 0 Å². The quantitative estimate of drug-likeness (QED) is 0.808. The molecule has 80 valence electrons. The minimum atomic E-state index is -0.480. The predicted molar refractivity (Wildman–Crippen MR) is 56.6 cm³/mol. The Kier molecular flexibility index (Phi) is 3.02. The van der Waals surface area contributed by atoms with E-state index in [9.17, 15) is 4.39 Å². The third-order valence-electron chi connectivity index (χ3n) is 2.51. The molecule has 2 N–H and O–H groups in total. The molecular weight excluding hydrogens is 193 g/mol. The van der Waals surface area contributed by atoms with Gasteiger partial charge in [0.2, 0.25) is 0 Å². The Hall–Kier alpha value is -1.35. The molecule has 0 saturated heterocycles. The van der Waals surface area contributed by atoms with Crippen LogP contribution >= 0.6 is 0 Å². The summed E-state index contributed by atoms with van der Waals surface area (Å²) in [5.74, 6) is 0.409. The van der Waals surface area contributed by atoms with Gasteiger partial charge in [0.25, 0.3) is 0 Å². The molecule has 0 bridgehead atoms. The highest BCUT2D eigenvalue weighted by molar-refractivity contribution is 5.27. The first-order valence-corrected chi connectivity index (χ1v) is 5.12. The molecule has 1 unspecified atom stereocenters. The van der Waals surface area contributed by atoms with Crippen LogP contribution in [0.1, 0.15) is 24.4 Å². The highest BCUT2D eigenvalue weighted by Gasteiger charge is 2.18. The fourth-order valence-corrected chi connectivity index (χ4v) is 1.67. The van der Waals surface area contributed by atoms with Crippen LogP contribution in [0.2, 0.25) is 0 Å². The lowest BCUT2D eigenvalue weighted by Crippen LogP contribution is -2.19. The van der Waals surface area contributed by atoms with Gasteiger partial charge in [-0.2, -0.15) is 0 Å². The zero-order valence-electron chi connectivity index (χ0n) is 8.45. The molecule has 15 heavy (non-hydrogen) atoms. The SMILES string of the molecule is NC(C1=CCCCO1)c1ccccc1F. The van der Waals surface area contributed by atoms with E-state index in [1.165, 1.54) is 6.07 Å². The van der Waals surface area contributed by atoms with Crippen molar-refractivity contribution in [2.24, 2.45) is 5.73 Å². The van der Waals surface area contributed by atoms with E-state index in [1.807, 2.05) is 6.08 Å². The van der Waals surface area contributed by atoms with Crippen molar-refractivity contribution in [3.05, 3.63) is 47.5 Å². The van der Waals surface area contributed by atoms with Gasteiger partial charge in [0.05, 0.1) is 12.6 Å². The van der Waals surface area contributed by atoms with Crippen molar-refractivity contribution in [1.29, 1.82) is 0 Å². The third-order valence-corrected chi connectivity index (χ3v) is 2.51. The first kappa shape index (κ1) is 10.2. The zero-order valence-corrected chi connectivity index (χ0v) is 8.45. The molecule has 0 aromatic heterocycles. The zero-order chi connectivity index (χ0) is 10.7. The molecule has 1 atom stereocenters. The second-order valence-electron chi connectivity index (χ2n) is 3.60. The van der Waals surface area contributed by atoms with Gasteiger partial charge < -0.3 is 10.5 Å². The highest BCUT2D eigenvalue weighted by atomic mass is 19.1. The van der Waals surface area contributed by atoms with Crippen molar-refractivity contribution < 1.29 is 9.13 Å². The summed E-state index contributed by atoms with van der Waals surface area (Å²) in [5, 5.41) is 0. The number of ether oxygens (including phenoxy) is 1. The molecule has 2 rings (SSSR count). The molecule has 3 heteroatoms. The topological polar surface area (TPSA) is 35.2 Å². The van der Waals surface area contributed by atoms with Crippen molar-refractivity contribution in [2.45, 2.75) is 18.9 Å². The molecule has 0 spiro atoms. The Balaban J connectivity index is 2.23. The molecule has 0 radical (unpaired) electrons. The lowest BCUT2D eigenvalue weighted by molar-refractivity contribution is 0.175. The van der Waals surface area contributed by atoms with Crippen LogP contribution in [0.4, 0.5) is 4.39 Å². The summed E-state index contributed by atoms with van der Waals surface area (Å²) in [5.41, 5.74) is 6.43. The summed E-state index contributed by atoms with van der Waals surface area (Å²) < 4.78 is 18.9. The molecule has 1 aliphatic rings. The first-order chi connectivity index (χ1) is 7.29. The van der Waals surface area contributed by atoms with Gasteiger partial charge in [-0.25, -0.2) is 4.39 Å². The minimum absolute atomic E-state index is 0.278. The van der Waals surface area contributed by atoms with Crippen molar-refractivity contribution >= 4 is 0 Å². The predicted octanol–water partition coefficient (Wildman–Crippen LogP) is 2.52.